The van der Waals surface area contributed by atoms with Crippen LogP contribution in [0.5, 0.6) is 5.75 Å². The van der Waals surface area contributed by atoms with Crippen molar-refractivity contribution >= 4 is 17.5 Å². The van der Waals surface area contributed by atoms with Gasteiger partial charge in [0.05, 0.1) is 5.69 Å². The lowest BCUT2D eigenvalue weighted by Crippen LogP contribution is -2.49. The predicted octanol–water partition coefficient (Wildman–Crippen LogP) is 2.82. The summed E-state index contributed by atoms with van der Waals surface area (Å²) < 4.78 is 5.68. The van der Waals surface area contributed by atoms with Crippen LogP contribution >= 0.6 is 0 Å². The molecule has 2 aromatic heterocycles. The Morgan fingerprint density at radius 2 is 1.77 bits per heavy atom. The molecule has 2 amide bonds. The molecule has 0 saturated carbocycles. The summed E-state index contributed by atoms with van der Waals surface area (Å²) in [6.45, 7) is 2.44. The molecule has 7 heteroatoms. The quantitative estimate of drug-likeness (QED) is 0.634. The number of carbonyl (C=O) groups excluding carboxylic acids is 2. The summed E-state index contributed by atoms with van der Waals surface area (Å²) in [6, 6.07) is 14.8. The summed E-state index contributed by atoms with van der Waals surface area (Å²) in [5, 5.41) is 0. The Morgan fingerprint density at radius 1 is 1.00 bits per heavy atom. The van der Waals surface area contributed by atoms with Gasteiger partial charge >= 0.3 is 0 Å². The number of anilines is 1. The van der Waals surface area contributed by atoms with E-state index in [1.807, 2.05) is 36.4 Å². The van der Waals surface area contributed by atoms with Crippen molar-refractivity contribution in [3.63, 3.8) is 0 Å². The minimum absolute atomic E-state index is 0.0606. The first-order valence-corrected chi connectivity index (χ1v) is 9.74. The lowest BCUT2D eigenvalue weighted by molar-refractivity contribution is -0.134. The van der Waals surface area contributed by atoms with Gasteiger partial charge in [-0.3, -0.25) is 24.5 Å². The third-order valence-electron chi connectivity index (χ3n) is 4.94. The zero-order valence-electron chi connectivity index (χ0n) is 16.6. The largest absolute Gasteiger partial charge is 0.479 e. The van der Waals surface area contributed by atoms with Crippen molar-refractivity contribution in [3.8, 4) is 5.75 Å². The number of benzene rings is 1. The number of rotatable bonds is 6. The van der Waals surface area contributed by atoms with Gasteiger partial charge in [0.1, 0.15) is 12.3 Å². The van der Waals surface area contributed by atoms with Crippen LogP contribution in [0.4, 0.5) is 5.69 Å². The smallest absolute Gasteiger partial charge is 0.268 e. The number of hydrogen-bond acceptors (Lipinski definition) is 5. The first-order chi connectivity index (χ1) is 14.6. The molecule has 0 radical (unpaired) electrons. The third kappa shape index (κ3) is 4.30. The van der Waals surface area contributed by atoms with E-state index in [0.29, 0.717) is 24.5 Å². The SMILES string of the molecule is CC1Oc2ccccc2N(CC(=O)N(Cc2ccncc2)Cc2cccnc2)C1=O. The van der Waals surface area contributed by atoms with Crippen LogP contribution in [0.3, 0.4) is 0 Å². The van der Waals surface area contributed by atoms with E-state index < -0.39 is 6.10 Å². The standard InChI is InChI=1S/C23H22N4O3/c1-17-23(29)27(20-6-2-3-7-21(20)30-17)16-22(28)26(14-18-8-11-24-12-9-18)15-19-5-4-10-25-13-19/h2-13,17H,14-16H2,1H3. The van der Waals surface area contributed by atoms with Gasteiger partial charge in [0.2, 0.25) is 5.91 Å². The van der Waals surface area contributed by atoms with Gasteiger partial charge in [0.15, 0.2) is 6.10 Å². The second-order valence-electron chi connectivity index (χ2n) is 7.12. The Bertz CT molecular complexity index is 985. The number of fused-ring (bicyclic) bond motifs is 1. The number of aromatic nitrogens is 2. The molecule has 4 rings (SSSR count). The third-order valence-corrected chi connectivity index (χ3v) is 4.94. The second kappa shape index (κ2) is 8.73. The van der Waals surface area contributed by atoms with Gasteiger partial charge in [0, 0.05) is 37.9 Å². The summed E-state index contributed by atoms with van der Waals surface area (Å²) in [4.78, 5) is 37.5. The molecule has 1 aromatic carbocycles. The van der Waals surface area contributed by atoms with E-state index in [-0.39, 0.29) is 18.4 Å². The molecule has 1 aliphatic rings. The molecule has 0 bridgehead atoms. The Labute approximate surface area is 174 Å². The summed E-state index contributed by atoms with van der Waals surface area (Å²) in [7, 11) is 0. The highest BCUT2D eigenvalue weighted by atomic mass is 16.5. The van der Waals surface area contributed by atoms with E-state index in [2.05, 4.69) is 9.97 Å². The highest BCUT2D eigenvalue weighted by Gasteiger charge is 2.33. The average molecular weight is 402 g/mol. The Kier molecular flexibility index (Phi) is 5.70. The van der Waals surface area contributed by atoms with Gasteiger partial charge in [0.25, 0.3) is 5.91 Å². The molecule has 30 heavy (non-hydrogen) atoms. The summed E-state index contributed by atoms with van der Waals surface area (Å²) in [5.41, 5.74) is 2.49. The van der Waals surface area contributed by atoms with Crippen LogP contribution in [-0.4, -0.2) is 39.3 Å². The maximum atomic E-state index is 13.3. The van der Waals surface area contributed by atoms with Crippen LogP contribution < -0.4 is 9.64 Å². The van der Waals surface area contributed by atoms with Crippen molar-refractivity contribution in [1.82, 2.24) is 14.9 Å². The first-order valence-electron chi connectivity index (χ1n) is 9.74. The molecule has 3 heterocycles. The number of hydrogen-bond donors (Lipinski definition) is 0. The lowest BCUT2D eigenvalue weighted by Gasteiger charge is -2.34. The van der Waals surface area contributed by atoms with Crippen LogP contribution in [0.1, 0.15) is 18.1 Å². The molecular weight excluding hydrogens is 380 g/mol. The van der Waals surface area contributed by atoms with Gasteiger partial charge < -0.3 is 9.64 Å². The van der Waals surface area contributed by atoms with Crippen molar-refractivity contribution in [2.45, 2.75) is 26.1 Å². The van der Waals surface area contributed by atoms with Gasteiger partial charge in [-0.05, 0) is 48.4 Å². The zero-order chi connectivity index (χ0) is 20.9. The Morgan fingerprint density at radius 3 is 2.53 bits per heavy atom. The molecule has 152 valence electrons. The van der Waals surface area contributed by atoms with Gasteiger partial charge in [-0.1, -0.05) is 18.2 Å². The first kappa shape index (κ1) is 19.6. The normalized spacial score (nSPS) is 15.3. The van der Waals surface area contributed by atoms with Gasteiger partial charge in [-0.15, -0.1) is 0 Å². The molecule has 1 aliphatic heterocycles. The number of pyridine rings is 2. The lowest BCUT2D eigenvalue weighted by atomic mass is 10.1. The molecule has 0 N–H and O–H groups in total. The molecule has 0 fully saturated rings. The molecular formula is C23H22N4O3. The van der Waals surface area contributed by atoms with E-state index in [9.17, 15) is 9.59 Å². The summed E-state index contributed by atoms with van der Waals surface area (Å²) in [5.74, 6) is 0.213. The Balaban J connectivity index is 1.59. The van der Waals surface area contributed by atoms with Crippen molar-refractivity contribution in [3.05, 3.63) is 84.4 Å². The van der Waals surface area contributed by atoms with Crippen LogP contribution in [0, 0.1) is 0 Å². The fourth-order valence-corrected chi connectivity index (χ4v) is 3.41. The number of carbonyl (C=O) groups is 2. The monoisotopic (exact) mass is 402 g/mol. The van der Waals surface area contributed by atoms with E-state index in [0.717, 1.165) is 11.1 Å². The van der Waals surface area contributed by atoms with Gasteiger partial charge in [-0.2, -0.15) is 0 Å². The number of para-hydroxylation sites is 2. The van der Waals surface area contributed by atoms with E-state index in [1.165, 1.54) is 4.90 Å². The number of nitrogens with zero attached hydrogens (tertiary/aromatic N) is 4. The van der Waals surface area contributed by atoms with E-state index in [1.54, 1.807) is 48.7 Å². The molecule has 0 aliphatic carbocycles. The van der Waals surface area contributed by atoms with Crippen molar-refractivity contribution in [2.75, 3.05) is 11.4 Å². The van der Waals surface area contributed by atoms with Crippen LogP contribution in [0.2, 0.25) is 0 Å². The predicted molar refractivity (Wildman–Crippen MR) is 112 cm³/mol. The minimum atomic E-state index is -0.639. The number of amides is 2. The van der Waals surface area contributed by atoms with E-state index >= 15 is 0 Å². The molecule has 3 aromatic rings. The van der Waals surface area contributed by atoms with E-state index in [4.69, 9.17) is 4.74 Å². The number of ether oxygens (including phenoxy) is 1. The van der Waals surface area contributed by atoms with Gasteiger partial charge in [-0.25, -0.2) is 0 Å². The second-order valence-corrected chi connectivity index (χ2v) is 7.12. The fraction of sp³-hybridized carbons (Fsp3) is 0.217. The summed E-state index contributed by atoms with van der Waals surface area (Å²) in [6.07, 6.45) is 6.20. The maximum Gasteiger partial charge on any atom is 0.268 e. The fourth-order valence-electron chi connectivity index (χ4n) is 3.41. The van der Waals surface area contributed by atoms with Crippen LogP contribution in [0.25, 0.3) is 0 Å². The minimum Gasteiger partial charge on any atom is -0.479 e. The topological polar surface area (TPSA) is 75.6 Å². The van der Waals surface area contributed by atoms with Crippen LogP contribution in [0.15, 0.2) is 73.3 Å². The molecule has 0 saturated heterocycles. The zero-order valence-corrected chi connectivity index (χ0v) is 16.6. The summed E-state index contributed by atoms with van der Waals surface area (Å²) >= 11 is 0. The average Bonchev–Trinajstić information content (AvgIpc) is 2.78. The molecule has 1 atom stereocenters. The van der Waals surface area contributed by atoms with Crippen molar-refractivity contribution in [2.24, 2.45) is 0 Å². The highest BCUT2D eigenvalue weighted by Crippen LogP contribution is 2.33. The molecule has 7 nitrogen and oxygen atoms in total. The maximum absolute atomic E-state index is 13.3. The van der Waals surface area contributed by atoms with Crippen LogP contribution in [-0.2, 0) is 22.7 Å². The molecule has 1 unspecified atom stereocenters. The highest BCUT2D eigenvalue weighted by molar-refractivity contribution is 6.03. The Hall–Kier alpha value is -3.74. The van der Waals surface area contributed by atoms with Crippen molar-refractivity contribution in [1.29, 1.82) is 0 Å². The molecule has 0 spiro atoms. The van der Waals surface area contributed by atoms with Crippen molar-refractivity contribution < 1.29 is 14.3 Å².